The molecule has 0 saturated heterocycles. The molecule has 3 N–H and O–H groups in total. The van der Waals surface area contributed by atoms with Crippen molar-refractivity contribution in [3.05, 3.63) is 6.33 Å². The molecule has 1 saturated carbocycles. The van der Waals surface area contributed by atoms with Gasteiger partial charge in [0.15, 0.2) is 5.82 Å². The van der Waals surface area contributed by atoms with Gasteiger partial charge in [0, 0.05) is 6.04 Å². The van der Waals surface area contributed by atoms with Crippen molar-refractivity contribution in [2.24, 2.45) is 11.8 Å². The van der Waals surface area contributed by atoms with Gasteiger partial charge in [-0.05, 0) is 31.6 Å². The predicted molar refractivity (Wildman–Crippen MR) is 81.8 cm³/mol. The van der Waals surface area contributed by atoms with Gasteiger partial charge in [-0.15, -0.1) is 0 Å². The van der Waals surface area contributed by atoms with E-state index in [2.05, 4.69) is 29.1 Å². The fourth-order valence-corrected chi connectivity index (χ4v) is 3.06. The first-order chi connectivity index (χ1) is 9.63. The minimum absolute atomic E-state index is 0.440. The van der Waals surface area contributed by atoms with Crippen molar-refractivity contribution < 1.29 is 4.74 Å². The molecule has 0 aromatic carbocycles. The van der Waals surface area contributed by atoms with Gasteiger partial charge < -0.3 is 15.8 Å². The highest BCUT2D eigenvalue weighted by Crippen LogP contribution is 2.34. The number of hydrogen-bond donors (Lipinski definition) is 2. The predicted octanol–water partition coefficient (Wildman–Crippen LogP) is 3.08. The lowest BCUT2D eigenvalue weighted by Gasteiger charge is -2.35. The average Bonchev–Trinajstić information content (AvgIpc) is 2.44. The van der Waals surface area contributed by atoms with E-state index in [-0.39, 0.29) is 0 Å². The third-order valence-electron chi connectivity index (χ3n) is 4.13. The van der Waals surface area contributed by atoms with E-state index in [1.165, 1.54) is 32.0 Å². The largest absolute Gasteiger partial charge is 0.476 e. The number of nitrogens with two attached hydrogens (primary N) is 1. The summed E-state index contributed by atoms with van der Waals surface area (Å²) in [6.07, 6.45) is 6.56. The number of rotatable bonds is 5. The van der Waals surface area contributed by atoms with Crippen molar-refractivity contribution in [1.82, 2.24) is 9.97 Å². The van der Waals surface area contributed by atoms with Crippen molar-refractivity contribution in [2.75, 3.05) is 17.7 Å². The highest BCUT2D eigenvalue weighted by Gasteiger charge is 2.28. The Labute approximate surface area is 121 Å². The second-order valence-electron chi connectivity index (χ2n) is 5.82. The average molecular weight is 278 g/mol. The topological polar surface area (TPSA) is 73.1 Å². The molecular formula is C15H26N4O. The Morgan fingerprint density at radius 2 is 2.10 bits per heavy atom. The summed E-state index contributed by atoms with van der Waals surface area (Å²) >= 11 is 0. The third kappa shape index (κ3) is 3.32. The zero-order valence-corrected chi connectivity index (χ0v) is 12.7. The fourth-order valence-electron chi connectivity index (χ4n) is 3.06. The van der Waals surface area contributed by atoms with E-state index >= 15 is 0 Å². The van der Waals surface area contributed by atoms with Crippen molar-refractivity contribution in [2.45, 2.75) is 52.5 Å². The van der Waals surface area contributed by atoms with E-state index in [0.29, 0.717) is 41.9 Å². The van der Waals surface area contributed by atoms with Crippen LogP contribution in [0.25, 0.3) is 0 Å². The summed E-state index contributed by atoms with van der Waals surface area (Å²) in [5.41, 5.74) is 6.61. The maximum Gasteiger partial charge on any atom is 0.242 e. The number of nitrogens with one attached hydrogen (secondary N) is 1. The highest BCUT2D eigenvalue weighted by molar-refractivity contribution is 5.66. The maximum absolute atomic E-state index is 6.10. The Morgan fingerprint density at radius 3 is 2.80 bits per heavy atom. The van der Waals surface area contributed by atoms with Gasteiger partial charge in [0.05, 0.1) is 6.61 Å². The molecule has 0 aliphatic heterocycles. The van der Waals surface area contributed by atoms with Gasteiger partial charge in [0.1, 0.15) is 12.0 Å². The number of ether oxygens (including phenoxy) is 1. The Hall–Kier alpha value is -1.52. The van der Waals surface area contributed by atoms with Crippen LogP contribution in [0.4, 0.5) is 11.5 Å². The van der Waals surface area contributed by atoms with Crippen molar-refractivity contribution in [3.63, 3.8) is 0 Å². The Morgan fingerprint density at radius 1 is 1.35 bits per heavy atom. The minimum Gasteiger partial charge on any atom is -0.476 e. The van der Waals surface area contributed by atoms with Gasteiger partial charge in [-0.3, -0.25) is 0 Å². The molecule has 2 rings (SSSR count). The van der Waals surface area contributed by atoms with Crippen LogP contribution in [-0.4, -0.2) is 22.6 Å². The van der Waals surface area contributed by atoms with E-state index in [4.69, 9.17) is 10.5 Å². The van der Waals surface area contributed by atoms with Crippen LogP contribution in [0, 0.1) is 11.8 Å². The molecule has 0 bridgehead atoms. The van der Waals surface area contributed by atoms with Gasteiger partial charge in [-0.25, -0.2) is 4.98 Å². The van der Waals surface area contributed by atoms with Crippen LogP contribution in [0.15, 0.2) is 6.33 Å². The Kier molecular flexibility index (Phi) is 5.04. The van der Waals surface area contributed by atoms with E-state index in [9.17, 15) is 0 Å². The number of aromatic nitrogens is 2. The molecule has 1 aromatic heterocycles. The molecule has 0 spiro atoms. The zero-order chi connectivity index (χ0) is 14.5. The standard InChI is InChI=1S/C15H26N4O/c1-4-20-15-13(16)14(17-9-18-15)19-12-8-6-5-7-11(12)10(2)3/h9-12H,4-8,16H2,1-3H3,(H,17,18,19). The van der Waals surface area contributed by atoms with Crippen LogP contribution in [0.2, 0.25) is 0 Å². The van der Waals surface area contributed by atoms with E-state index < -0.39 is 0 Å². The van der Waals surface area contributed by atoms with Crippen molar-refractivity contribution >= 4 is 11.5 Å². The number of hydrogen-bond acceptors (Lipinski definition) is 5. The molecular weight excluding hydrogens is 252 g/mol. The van der Waals surface area contributed by atoms with E-state index in [1.54, 1.807) is 0 Å². The van der Waals surface area contributed by atoms with Gasteiger partial charge in [0.25, 0.3) is 0 Å². The molecule has 0 amide bonds. The van der Waals surface area contributed by atoms with Crippen LogP contribution in [0.1, 0.15) is 46.5 Å². The summed E-state index contributed by atoms with van der Waals surface area (Å²) in [7, 11) is 0. The molecule has 112 valence electrons. The summed E-state index contributed by atoms with van der Waals surface area (Å²) in [6, 6.07) is 0.440. The first kappa shape index (κ1) is 14.9. The normalized spacial score (nSPS) is 22.8. The third-order valence-corrected chi connectivity index (χ3v) is 4.13. The second-order valence-corrected chi connectivity index (χ2v) is 5.82. The quantitative estimate of drug-likeness (QED) is 0.866. The Balaban J connectivity index is 2.13. The molecule has 5 nitrogen and oxygen atoms in total. The van der Waals surface area contributed by atoms with E-state index in [0.717, 1.165) is 0 Å². The molecule has 1 aromatic rings. The zero-order valence-electron chi connectivity index (χ0n) is 12.7. The molecule has 0 radical (unpaired) electrons. The fraction of sp³-hybridized carbons (Fsp3) is 0.733. The van der Waals surface area contributed by atoms with Gasteiger partial charge in [-0.1, -0.05) is 26.7 Å². The summed E-state index contributed by atoms with van der Waals surface area (Å²) in [5.74, 6) is 2.53. The van der Waals surface area contributed by atoms with Crippen molar-refractivity contribution in [1.29, 1.82) is 0 Å². The van der Waals surface area contributed by atoms with Crippen molar-refractivity contribution in [3.8, 4) is 5.88 Å². The number of nitrogens with zero attached hydrogens (tertiary/aromatic N) is 2. The maximum atomic E-state index is 6.10. The Bertz CT molecular complexity index is 436. The first-order valence-corrected chi connectivity index (χ1v) is 7.63. The number of nitrogen functional groups attached to an aromatic ring is 1. The molecule has 2 unspecified atom stereocenters. The van der Waals surface area contributed by atoms with Gasteiger partial charge in [-0.2, -0.15) is 4.98 Å². The van der Waals surface area contributed by atoms with E-state index in [1.807, 2.05) is 6.92 Å². The van der Waals surface area contributed by atoms with Crippen LogP contribution in [-0.2, 0) is 0 Å². The summed E-state index contributed by atoms with van der Waals surface area (Å²) in [6.45, 7) is 7.06. The van der Waals surface area contributed by atoms with Gasteiger partial charge >= 0.3 is 0 Å². The highest BCUT2D eigenvalue weighted by atomic mass is 16.5. The van der Waals surface area contributed by atoms with Crippen LogP contribution < -0.4 is 15.8 Å². The lowest BCUT2D eigenvalue weighted by atomic mass is 9.78. The monoisotopic (exact) mass is 278 g/mol. The second kappa shape index (κ2) is 6.77. The minimum atomic E-state index is 0.440. The molecule has 1 fully saturated rings. The molecule has 20 heavy (non-hydrogen) atoms. The summed E-state index contributed by atoms with van der Waals surface area (Å²) < 4.78 is 5.42. The smallest absolute Gasteiger partial charge is 0.242 e. The van der Waals surface area contributed by atoms with Crippen LogP contribution in [0.5, 0.6) is 5.88 Å². The summed E-state index contributed by atoms with van der Waals surface area (Å²) in [5, 5.41) is 3.52. The lowest BCUT2D eigenvalue weighted by molar-refractivity contribution is 0.253. The van der Waals surface area contributed by atoms with Gasteiger partial charge in [0.2, 0.25) is 5.88 Å². The van der Waals surface area contributed by atoms with Crippen LogP contribution >= 0.6 is 0 Å². The molecule has 5 heteroatoms. The molecule has 1 aliphatic carbocycles. The molecule has 1 aliphatic rings. The molecule has 1 heterocycles. The van der Waals surface area contributed by atoms with Crippen LogP contribution in [0.3, 0.4) is 0 Å². The summed E-state index contributed by atoms with van der Waals surface area (Å²) in [4.78, 5) is 8.36. The molecule has 2 atom stereocenters. The first-order valence-electron chi connectivity index (χ1n) is 7.63. The SMILES string of the molecule is CCOc1ncnc(NC2CCCCC2C(C)C)c1N. The lowest BCUT2D eigenvalue weighted by Crippen LogP contribution is -2.35. The number of anilines is 2.